The van der Waals surface area contributed by atoms with Crippen molar-refractivity contribution >= 4 is 11.5 Å². The van der Waals surface area contributed by atoms with E-state index in [2.05, 4.69) is 5.32 Å². The lowest BCUT2D eigenvalue weighted by Crippen LogP contribution is -2.28. The number of carbonyl (C=O) groups is 1. The zero-order valence-corrected chi connectivity index (χ0v) is 12.4. The van der Waals surface area contributed by atoms with Gasteiger partial charge in [-0.05, 0) is 30.5 Å². The van der Waals surface area contributed by atoms with Gasteiger partial charge < -0.3 is 5.32 Å². The summed E-state index contributed by atoms with van der Waals surface area (Å²) < 4.78 is 0. The van der Waals surface area contributed by atoms with E-state index in [0.29, 0.717) is 12.1 Å². The Hall–Kier alpha value is -2.26. The van der Waals surface area contributed by atoms with Crippen LogP contribution in [0.4, 0.5) is 0 Å². The Kier molecular flexibility index (Phi) is 5.01. The van der Waals surface area contributed by atoms with Gasteiger partial charge in [-0.15, -0.1) is 0 Å². The highest BCUT2D eigenvalue weighted by Crippen LogP contribution is 2.13. The molecule has 0 aliphatic heterocycles. The number of ketones is 1. The molecular weight excluding hydrogens is 260 g/mol. The third-order valence-electron chi connectivity index (χ3n) is 3.60. The molecule has 0 aliphatic carbocycles. The zero-order chi connectivity index (χ0) is 15.2. The lowest BCUT2D eigenvalue weighted by molar-refractivity contribution is 0.106. The van der Waals surface area contributed by atoms with Crippen molar-refractivity contribution in [1.82, 2.24) is 5.32 Å². The van der Waals surface area contributed by atoms with Gasteiger partial charge in [0.2, 0.25) is 5.78 Å². The summed E-state index contributed by atoms with van der Waals surface area (Å²) >= 11 is 0. The van der Waals surface area contributed by atoms with Crippen molar-refractivity contribution < 1.29 is 4.79 Å². The van der Waals surface area contributed by atoms with Crippen LogP contribution >= 0.6 is 0 Å². The van der Waals surface area contributed by atoms with Gasteiger partial charge in [0, 0.05) is 18.7 Å². The van der Waals surface area contributed by atoms with Crippen molar-refractivity contribution in [2.45, 2.75) is 20.4 Å². The first-order valence-electron chi connectivity index (χ1n) is 7.02. The molecule has 0 amide bonds. The fourth-order valence-corrected chi connectivity index (χ4v) is 2.17. The van der Waals surface area contributed by atoms with Crippen LogP contribution in [0.1, 0.15) is 27.0 Å². The highest BCUT2D eigenvalue weighted by Gasteiger charge is 2.14. The summed E-state index contributed by atoms with van der Waals surface area (Å²) in [5.41, 5.74) is 3.90. The molecule has 108 valence electrons. The van der Waals surface area contributed by atoms with Crippen molar-refractivity contribution in [1.29, 1.82) is 5.41 Å². The average Bonchev–Trinajstić information content (AvgIpc) is 2.50. The molecule has 3 heteroatoms. The second-order valence-corrected chi connectivity index (χ2v) is 5.14. The third kappa shape index (κ3) is 3.86. The molecule has 0 spiro atoms. The van der Waals surface area contributed by atoms with E-state index in [1.54, 1.807) is 6.07 Å². The molecule has 2 aromatic rings. The molecule has 3 nitrogen and oxygen atoms in total. The standard InChI is InChI=1S/C18H20N2O/c1-13-7-6-10-16(14(13)2)18(21)17(19)12-20-11-15-8-4-3-5-9-15/h3-10,19-20H,11-12H2,1-2H3. The maximum absolute atomic E-state index is 12.3. The van der Waals surface area contributed by atoms with E-state index in [0.717, 1.165) is 16.7 Å². The maximum atomic E-state index is 12.3. The smallest absolute Gasteiger partial charge is 0.208 e. The fourth-order valence-electron chi connectivity index (χ4n) is 2.17. The Morgan fingerprint density at radius 2 is 1.76 bits per heavy atom. The third-order valence-corrected chi connectivity index (χ3v) is 3.60. The van der Waals surface area contributed by atoms with Crippen LogP contribution in [0.2, 0.25) is 0 Å². The van der Waals surface area contributed by atoms with Crippen LogP contribution in [0.5, 0.6) is 0 Å². The molecule has 0 aliphatic rings. The number of benzene rings is 2. The van der Waals surface area contributed by atoms with Gasteiger partial charge in [-0.25, -0.2) is 0 Å². The van der Waals surface area contributed by atoms with Crippen LogP contribution < -0.4 is 5.32 Å². The van der Waals surface area contributed by atoms with Gasteiger partial charge in [0.1, 0.15) is 0 Å². The summed E-state index contributed by atoms with van der Waals surface area (Å²) in [6.45, 7) is 4.83. The predicted molar refractivity (Wildman–Crippen MR) is 86.1 cm³/mol. The number of hydrogen-bond acceptors (Lipinski definition) is 3. The monoisotopic (exact) mass is 280 g/mol. The molecule has 0 unspecified atom stereocenters. The molecule has 2 aromatic carbocycles. The first kappa shape index (κ1) is 15.1. The van der Waals surface area contributed by atoms with Crippen molar-refractivity contribution in [2.75, 3.05) is 6.54 Å². The largest absolute Gasteiger partial charge is 0.307 e. The highest BCUT2D eigenvalue weighted by molar-refractivity contribution is 6.45. The Morgan fingerprint density at radius 1 is 1.05 bits per heavy atom. The fraction of sp³-hybridized carbons (Fsp3) is 0.222. The summed E-state index contributed by atoms with van der Waals surface area (Å²) in [7, 11) is 0. The van der Waals surface area contributed by atoms with Crippen molar-refractivity contribution in [3.05, 3.63) is 70.8 Å². The molecular formula is C18H20N2O. The van der Waals surface area contributed by atoms with E-state index in [1.165, 1.54) is 0 Å². The minimum Gasteiger partial charge on any atom is -0.307 e. The minimum absolute atomic E-state index is 0.0969. The van der Waals surface area contributed by atoms with Gasteiger partial charge in [-0.3, -0.25) is 10.2 Å². The summed E-state index contributed by atoms with van der Waals surface area (Å²) in [6, 6.07) is 15.6. The Morgan fingerprint density at radius 3 is 2.48 bits per heavy atom. The second-order valence-electron chi connectivity index (χ2n) is 5.14. The number of carbonyl (C=O) groups excluding carboxylic acids is 1. The zero-order valence-electron chi connectivity index (χ0n) is 12.4. The Labute approximate surface area is 125 Å². The van der Waals surface area contributed by atoms with Gasteiger partial charge >= 0.3 is 0 Å². The second kappa shape index (κ2) is 6.95. The quantitative estimate of drug-likeness (QED) is 0.630. The summed E-state index contributed by atoms with van der Waals surface area (Å²) in [6.07, 6.45) is 0. The van der Waals surface area contributed by atoms with Crippen LogP contribution in [-0.4, -0.2) is 18.0 Å². The van der Waals surface area contributed by atoms with Gasteiger partial charge in [0.15, 0.2) is 0 Å². The average molecular weight is 280 g/mol. The van der Waals surface area contributed by atoms with E-state index in [1.807, 2.05) is 56.3 Å². The number of rotatable bonds is 6. The van der Waals surface area contributed by atoms with E-state index < -0.39 is 0 Å². The Bertz CT molecular complexity index is 648. The summed E-state index contributed by atoms with van der Waals surface area (Å²) in [4.78, 5) is 12.3. The van der Waals surface area contributed by atoms with Gasteiger partial charge in [0.25, 0.3) is 0 Å². The van der Waals surface area contributed by atoms with Gasteiger partial charge in [0.05, 0.1) is 5.71 Å². The molecule has 0 saturated carbocycles. The van der Waals surface area contributed by atoms with Crippen molar-refractivity contribution in [2.24, 2.45) is 0 Å². The Balaban J connectivity index is 1.94. The maximum Gasteiger partial charge on any atom is 0.208 e. The number of nitrogens with one attached hydrogen (secondary N) is 2. The molecule has 0 fully saturated rings. The molecule has 0 saturated heterocycles. The van der Waals surface area contributed by atoms with E-state index in [-0.39, 0.29) is 18.0 Å². The van der Waals surface area contributed by atoms with Crippen molar-refractivity contribution in [3.8, 4) is 0 Å². The first-order valence-corrected chi connectivity index (χ1v) is 7.02. The van der Waals surface area contributed by atoms with Crippen LogP contribution in [-0.2, 0) is 6.54 Å². The predicted octanol–water partition coefficient (Wildman–Crippen LogP) is 3.30. The molecule has 0 heterocycles. The topological polar surface area (TPSA) is 53.0 Å². The van der Waals surface area contributed by atoms with E-state index >= 15 is 0 Å². The molecule has 0 bridgehead atoms. The summed E-state index contributed by atoms with van der Waals surface area (Å²) in [5.74, 6) is -0.197. The molecule has 21 heavy (non-hydrogen) atoms. The highest BCUT2D eigenvalue weighted by atomic mass is 16.1. The number of hydrogen-bond donors (Lipinski definition) is 2. The van der Waals surface area contributed by atoms with Crippen LogP contribution in [0.15, 0.2) is 48.5 Å². The lowest BCUT2D eigenvalue weighted by Gasteiger charge is -2.09. The minimum atomic E-state index is -0.197. The molecule has 0 atom stereocenters. The number of aryl methyl sites for hydroxylation is 1. The SMILES string of the molecule is Cc1cccc(C(=O)C(=N)CNCc2ccccc2)c1C. The van der Waals surface area contributed by atoms with Crippen molar-refractivity contribution in [3.63, 3.8) is 0 Å². The first-order chi connectivity index (χ1) is 10.1. The molecule has 2 rings (SSSR count). The van der Waals surface area contributed by atoms with Crippen LogP contribution in [0.3, 0.4) is 0 Å². The normalized spacial score (nSPS) is 10.4. The number of Topliss-reactive ketones (excluding diaryl/α,β-unsaturated/α-hetero) is 1. The van der Waals surface area contributed by atoms with E-state index in [4.69, 9.17) is 5.41 Å². The van der Waals surface area contributed by atoms with Crippen LogP contribution in [0.25, 0.3) is 0 Å². The summed E-state index contributed by atoms with van der Waals surface area (Å²) in [5, 5.41) is 11.1. The van der Waals surface area contributed by atoms with Crippen LogP contribution in [0, 0.1) is 19.3 Å². The van der Waals surface area contributed by atoms with Gasteiger partial charge in [-0.2, -0.15) is 0 Å². The molecule has 2 N–H and O–H groups in total. The van der Waals surface area contributed by atoms with E-state index in [9.17, 15) is 4.79 Å². The lowest BCUT2D eigenvalue weighted by atomic mass is 9.98. The molecule has 0 radical (unpaired) electrons. The van der Waals surface area contributed by atoms with Gasteiger partial charge in [-0.1, -0.05) is 48.5 Å². The molecule has 0 aromatic heterocycles.